The molecule has 0 N–H and O–H groups in total. The molecule has 7 nitrogen and oxygen atoms in total. The number of amides is 1. The summed E-state index contributed by atoms with van der Waals surface area (Å²) in [5.74, 6) is -0.0161. The molecule has 1 fully saturated rings. The molecule has 140 valence electrons. The van der Waals surface area contributed by atoms with Gasteiger partial charge in [0.25, 0.3) is 10.1 Å². The van der Waals surface area contributed by atoms with Crippen LogP contribution in [0.5, 0.6) is 0 Å². The van der Waals surface area contributed by atoms with Crippen LogP contribution in [0.15, 0.2) is 24.5 Å². The van der Waals surface area contributed by atoms with Crippen molar-refractivity contribution in [3.63, 3.8) is 0 Å². The summed E-state index contributed by atoms with van der Waals surface area (Å²) in [5, 5.41) is 0. The molecule has 1 atom stereocenters. The zero-order valence-corrected chi connectivity index (χ0v) is 16.0. The molecule has 8 heteroatoms. The van der Waals surface area contributed by atoms with Crippen LogP contribution in [0.25, 0.3) is 0 Å². The standard InChI is InChI=1S/C17H26N2O5S/c1-17(2,3)23-16(20)19-10-7-13(8-11-19)15(24-25(4,21)22)14-6-5-9-18-12-14/h5-6,9,12-13,15H,7-8,10-11H2,1-4H3. The number of hydrogen-bond donors (Lipinski definition) is 0. The molecule has 0 saturated carbocycles. The summed E-state index contributed by atoms with van der Waals surface area (Å²) in [6, 6.07) is 3.56. The third kappa shape index (κ3) is 6.28. The Morgan fingerprint density at radius 2 is 1.96 bits per heavy atom. The molecule has 1 aliphatic rings. The van der Waals surface area contributed by atoms with Gasteiger partial charge < -0.3 is 9.64 Å². The zero-order valence-electron chi connectivity index (χ0n) is 15.1. The second-order valence-corrected chi connectivity index (χ2v) is 8.91. The van der Waals surface area contributed by atoms with Gasteiger partial charge in [-0.3, -0.25) is 9.17 Å². The molecule has 0 aliphatic carbocycles. The minimum absolute atomic E-state index is 0.0161. The van der Waals surface area contributed by atoms with Crippen molar-refractivity contribution in [3.05, 3.63) is 30.1 Å². The summed E-state index contributed by atoms with van der Waals surface area (Å²) in [6.07, 6.45) is 4.63. The molecular weight excluding hydrogens is 344 g/mol. The Hall–Kier alpha value is -1.67. The monoisotopic (exact) mass is 370 g/mol. The van der Waals surface area contributed by atoms with Crippen molar-refractivity contribution in [1.82, 2.24) is 9.88 Å². The quantitative estimate of drug-likeness (QED) is 0.758. The van der Waals surface area contributed by atoms with E-state index in [0.717, 1.165) is 11.8 Å². The van der Waals surface area contributed by atoms with Crippen molar-refractivity contribution in [3.8, 4) is 0 Å². The van der Waals surface area contributed by atoms with Gasteiger partial charge in [-0.15, -0.1) is 0 Å². The average Bonchev–Trinajstić information content (AvgIpc) is 2.51. The van der Waals surface area contributed by atoms with Gasteiger partial charge in [0.05, 0.1) is 6.26 Å². The number of carbonyl (C=O) groups excluding carboxylic acids is 1. The van der Waals surface area contributed by atoms with Gasteiger partial charge in [-0.25, -0.2) is 4.79 Å². The van der Waals surface area contributed by atoms with Crippen molar-refractivity contribution in [1.29, 1.82) is 0 Å². The fraction of sp³-hybridized carbons (Fsp3) is 0.647. The maximum absolute atomic E-state index is 12.2. The third-order valence-electron chi connectivity index (χ3n) is 3.91. The van der Waals surface area contributed by atoms with E-state index in [9.17, 15) is 13.2 Å². The van der Waals surface area contributed by atoms with E-state index in [2.05, 4.69) is 4.98 Å². The van der Waals surface area contributed by atoms with Gasteiger partial charge in [-0.2, -0.15) is 8.42 Å². The van der Waals surface area contributed by atoms with E-state index in [4.69, 9.17) is 8.92 Å². The molecule has 1 amide bonds. The Kier molecular flexibility index (Phi) is 6.05. The van der Waals surface area contributed by atoms with Crippen LogP contribution in [-0.4, -0.2) is 49.3 Å². The van der Waals surface area contributed by atoms with E-state index >= 15 is 0 Å². The summed E-state index contributed by atoms with van der Waals surface area (Å²) in [4.78, 5) is 17.9. The molecule has 2 heterocycles. The van der Waals surface area contributed by atoms with Gasteiger partial charge >= 0.3 is 6.09 Å². The number of carbonyl (C=O) groups is 1. The molecule has 0 radical (unpaired) electrons. The SMILES string of the molecule is CC(C)(C)OC(=O)N1CCC(C(OS(C)(=O)=O)c2cccnc2)CC1. The minimum atomic E-state index is -3.61. The highest BCUT2D eigenvalue weighted by atomic mass is 32.2. The molecule has 0 spiro atoms. The largest absolute Gasteiger partial charge is 0.444 e. The first-order valence-electron chi connectivity index (χ1n) is 8.31. The van der Waals surface area contributed by atoms with Crippen LogP contribution in [0.2, 0.25) is 0 Å². The van der Waals surface area contributed by atoms with Gasteiger partial charge in [-0.05, 0) is 45.6 Å². The van der Waals surface area contributed by atoms with Crippen LogP contribution in [0.3, 0.4) is 0 Å². The van der Waals surface area contributed by atoms with Crippen molar-refractivity contribution in [2.75, 3.05) is 19.3 Å². The Balaban J connectivity index is 2.06. The predicted octanol–water partition coefficient (Wildman–Crippen LogP) is 2.75. The lowest BCUT2D eigenvalue weighted by Gasteiger charge is -2.36. The van der Waals surface area contributed by atoms with Crippen molar-refractivity contribution in [2.45, 2.75) is 45.3 Å². The van der Waals surface area contributed by atoms with Crippen LogP contribution in [0.4, 0.5) is 4.79 Å². The van der Waals surface area contributed by atoms with E-state index in [1.165, 1.54) is 0 Å². The van der Waals surface area contributed by atoms with Crippen LogP contribution < -0.4 is 0 Å². The summed E-state index contributed by atoms with van der Waals surface area (Å²) >= 11 is 0. The maximum atomic E-state index is 12.2. The van der Waals surface area contributed by atoms with Crippen molar-refractivity contribution < 1.29 is 22.1 Å². The van der Waals surface area contributed by atoms with Gasteiger partial charge in [0.1, 0.15) is 11.7 Å². The van der Waals surface area contributed by atoms with Gasteiger partial charge in [0.2, 0.25) is 0 Å². The van der Waals surface area contributed by atoms with E-state index in [0.29, 0.717) is 25.9 Å². The number of piperidine rings is 1. The third-order valence-corrected chi connectivity index (χ3v) is 4.47. The summed E-state index contributed by atoms with van der Waals surface area (Å²) in [6.45, 7) is 6.50. The van der Waals surface area contributed by atoms with E-state index in [1.54, 1.807) is 23.4 Å². The molecule has 1 aromatic rings. The minimum Gasteiger partial charge on any atom is -0.444 e. The van der Waals surface area contributed by atoms with E-state index in [-0.39, 0.29) is 12.0 Å². The molecule has 1 aromatic heterocycles. The summed E-state index contributed by atoms with van der Waals surface area (Å²) < 4.78 is 34.0. The average molecular weight is 370 g/mol. The van der Waals surface area contributed by atoms with Crippen LogP contribution >= 0.6 is 0 Å². The highest BCUT2D eigenvalue weighted by molar-refractivity contribution is 7.86. The van der Waals surface area contributed by atoms with E-state index < -0.39 is 21.8 Å². The first kappa shape index (κ1) is 19.7. The van der Waals surface area contributed by atoms with Crippen LogP contribution in [0, 0.1) is 5.92 Å². The second kappa shape index (κ2) is 7.70. The Labute approximate surface area is 149 Å². The van der Waals surface area contributed by atoms with Gasteiger partial charge in [0.15, 0.2) is 0 Å². The second-order valence-electron chi connectivity index (χ2n) is 7.31. The Bertz CT molecular complexity index is 677. The van der Waals surface area contributed by atoms with Crippen LogP contribution in [-0.2, 0) is 19.0 Å². The van der Waals surface area contributed by atoms with Crippen molar-refractivity contribution >= 4 is 16.2 Å². The molecule has 1 saturated heterocycles. The number of nitrogens with zero attached hydrogens (tertiary/aromatic N) is 2. The molecule has 2 rings (SSSR count). The molecule has 25 heavy (non-hydrogen) atoms. The lowest BCUT2D eigenvalue weighted by Crippen LogP contribution is -2.43. The van der Waals surface area contributed by atoms with Gasteiger partial charge in [0, 0.05) is 31.0 Å². The zero-order chi connectivity index (χ0) is 18.7. The van der Waals surface area contributed by atoms with Crippen LogP contribution in [0.1, 0.15) is 45.3 Å². The summed E-state index contributed by atoms with van der Waals surface area (Å²) in [5.41, 5.74) is 0.189. The van der Waals surface area contributed by atoms with Gasteiger partial charge in [-0.1, -0.05) is 6.07 Å². The highest BCUT2D eigenvalue weighted by Gasteiger charge is 2.33. The lowest BCUT2D eigenvalue weighted by molar-refractivity contribution is 0.0110. The number of ether oxygens (including phenoxy) is 1. The topological polar surface area (TPSA) is 85.8 Å². The highest BCUT2D eigenvalue weighted by Crippen LogP contribution is 2.34. The summed E-state index contributed by atoms with van der Waals surface area (Å²) in [7, 11) is -3.61. The fourth-order valence-corrected chi connectivity index (χ4v) is 3.50. The van der Waals surface area contributed by atoms with E-state index in [1.807, 2.05) is 26.8 Å². The molecule has 1 unspecified atom stereocenters. The molecular formula is C17H26N2O5S. The Morgan fingerprint density at radius 3 is 2.44 bits per heavy atom. The smallest absolute Gasteiger partial charge is 0.410 e. The number of rotatable bonds is 4. The molecule has 0 aromatic carbocycles. The number of likely N-dealkylation sites (tertiary alicyclic amines) is 1. The maximum Gasteiger partial charge on any atom is 0.410 e. The number of aromatic nitrogens is 1. The predicted molar refractivity (Wildman–Crippen MR) is 93.4 cm³/mol. The first-order chi connectivity index (χ1) is 11.6. The van der Waals surface area contributed by atoms with Crippen molar-refractivity contribution in [2.24, 2.45) is 5.92 Å². The first-order valence-corrected chi connectivity index (χ1v) is 10.1. The fourth-order valence-electron chi connectivity index (χ4n) is 2.85. The Morgan fingerprint density at radius 1 is 1.32 bits per heavy atom. The molecule has 0 bridgehead atoms. The normalized spacial score (nSPS) is 18.0. The number of hydrogen-bond acceptors (Lipinski definition) is 6. The lowest BCUT2D eigenvalue weighted by atomic mass is 9.88. The number of pyridine rings is 1. The molecule has 1 aliphatic heterocycles.